The lowest BCUT2D eigenvalue weighted by Gasteiger charge is -2.53. The number of hydrogen-bond acceptors (Lipinski definition) is 5. The van der Waals surface area contributed by atoms with E-state index in [4.69, 9.17) is 11.6 Å². The standard InChI is InChI=1S/C32H38ClN3O2/c1-24-10-14-26(15-11-24)7-5-6-18-34-28-8-3-4-9-29(28)35-30(19-37)31(27-16-12-25(2)13-17-27)36-21-32(20-33,22-36)23-38/h3-5,7-17,19,30-31,34-35,38H,6,18,20-23H2,1-2H3/b7-5+. The van der Waals surface area contributed by atoms with Gasteiger partial charge in [0.25, 0.3) is 0 Å². The van der Waals surface area contributed by atoms with Crippen LogP contribution < -0.4 is 10.6 Å². The van der Waals surface area contributed by atoms with Crippen LogP contribution in [0.15, 0.2) is 78.9 Å². The molecule has 0 radical (unpaired) electrons. The van der Waals surface area contributed by atoms with E-state index in [1.807, 2.05) is 24.3 Å². The lowest BCUT2D eigenvalue weighted by Crippen LogP contribution is -2.62. The number of carbonyl (C=O) groups excluding carboxylic acids is 1. The molecule has 1 aliphatic heterocycles. The van der Waals surface area contributed by atoms with Crippen molar-refractivity contribution in [1.29, 1.82) is 0 Å². The summed E-state index contributed by atoms with van der Waals surface area (Å²) < 4.78 is 0. The Morgan fingerprint density at radius 2 is 1.61 bits per heavy atom. The average Bonchev–Trinajstić information content (AvgIpc) is 2.92. The van der Waals surface area contributed by atoms with Crippen LogP contribution in [-0.4, -0.2) is 54.5 Å². The largest absolute Gasteiger partial charge is 0.396 e. The van der Waals surface area contributed by atoms with Crippen LogP contribution in [0.1, 0.15) is 34.7 Å². The number of likely N-dealkylation sites (tertiary alicyclic amines) is 1. The van der Waals surface area contributed by atoms with Gasteiger partial charge in [-0.1, -0.05) is 83.9 Å². The quantitative estimate of drug-likeness (QED) is 0.142. The molecule has 2 unspecified atom stereocenters. The maximum atomic E-state index is 12.5. The molecule has 200 valence electrons. The van der Waals surface area contributed by atoms with Crippen LogP contribution >= 0.6 is 11.6 Å². The Labute approximate surface area is 231 Å². The Balaban J connectivity index is 1.45. The van der Waals surface area contributed by atoms with Gasteiger partial charge >= 0.3 is 0 Å². The smallest absolute Gasteiger partial charge is 0.144 e. The summed E-state index contributed by atoms with van der Waals surface area (Å²) in [6, 6.07) is 24.1. The Bertz CT molecular complexity index is 1200. The predicted molar refractivity (Wildman–Crippen MR) is 159 cm³/mol. The number of para-hydroxylation sites is 2. The van der Waals surface area contributed by atoms with Gasteiger partial charge in [-0.15, -0.1) is 11.6 Å². The van der Waals surface area contributed by atoms with Crippen molar-refractivity contribution >= 4 is 35.3 Å². The van der Waals surface area contributed by atoms with Crippen molar-refractivity contribution in [1.82, 2.24) is 4.90 Å². The van der Waals surface area contributed by atoms with Gasteiger partial charge in [0.1, 0.15) is 12.3 Å². The van der Waals surface area contributed by atoms with Gasteiger partial charge in [0.05, 0.1) is 24.0 Å². The van der Waals surface area contributed by atoms with Crippen LogP contribution in [0.4, 0.5) is 11.4 Å². The highest BCUT2D eigenvalue weighted by Crippen LogP contribution is 2.40. The number of anilines is 2. The van der Waals surface area contributed by atoms with Crippen LogP contribution in [0, 0.1) is 19.3 Å². The first-order valence-corrected chi connectivity index (χ1v) is 13.8. The number of halogens is 1. The van der Waals surface area contributed by atoms with Crippen molar-refractivity contribution < 1.29 is 9.90 Å². The molecule has 4 rings (SSSR count). The van der Waals surface area contributed by atoms with Crippen LogP contribution in [-0.2, 0) is 4.79 Å². The second-order valence-corrected chi connectivity index (χ2v) is 10.7. The number of aryl methyl sites for hydroxylation is 2. The number of aliphatic hydroxyl groups excluding tert-OH is 1. The Kier molecular flexibility index (Phi) is 9.62. The first-order valence-electron chi connectivity index (χ1n) is 13.2. The van der Waals surface area contributed by atoms with Gasteiger partial charge in [-0.3, -0.25) is 4.90 Å². The number of hydrogen-bond donors (Lipinski definition) is 3. The van der Waals surface area contributed by atoms with Crippen LogP contribution in [0.2, 0.25) is 0 Å². The molecule has 3 N–H and O–H groups in total. The van der Waals surface area contributed by atoms with Crippen LogP contribution in [0.3, 0.4) is 0 Å². The molecule has 1 heterocycles. The first kappa shape index (κ1) is 27.9. The molecule has 0 aromatic heterocycles. The van der Waals surface area contributed by atoms with Gasteiger partial charge in [0.2, 0.25) is 0 Å². The van der Waals surface area contributed by atoms with E-state index in [1.165, 1.54) is 16.7 Å². The topological polar surface area (TPSA) is 64.6 Å². The summed E-state index contributed by atoms with van der Waals surface area (Å²) >= 11 is 6.19. The zero-order valence-electron chi connectivity index (χ0n) is 22.2. The van der Waals surface area contributed by atoms with E-state index in [0.717, 1.165) is 36.2 Å². The third kappa shape index (κ3) is 6.84. The third-order valence-electron chi connectivity index (χ3n) is 7.26. The van der Waals surface area contributed by atoms with Crippen LogP contribution in [0.25, 0.3) is 6.08 Å². The molecule has 5 nitrogen and oxygen atoms in total. The lowest BCUT2D eigenvalue weighted by atomic mass is 9.79. The molecule has 0 spiro atoms. The van der Waals surface area contributed by atoms with Gasteiger partial charge in [0.15, 0.2) is 0 Å². The number of nitrogens with zero attached hydrogens (tertiary/aromatic N) is 1. The van der Waals surface area contributed by atoms with Gasteiger partial charge in [0, 0.05) is 30.9 Å². The van der Waals surface area contributed by atoms with E-state index in [1.54, 1.807) is 0 Å². The number of benzene rings is 3. The Morgan fingerprint density at radius 1 is 0.974 bits per heavy atom. The molecule has 0 saturated carbocycles. The SMILES string of the molecule is Cc1ccc(/C=C/CCNc2ccccc2NC(C=O)C(c2ccc(C)cc2)N2CC(CO)(CCl)C2)cc1. The van der Waals surface area contributed by atoms with Crippen molar-refractivity contribution in [3.8, 4) is 0 Å². The van der Waals surface area contributed by atoms with Gasteiger partial charge in [-0.05, 0) is 43.5 Å². The molecule has 3 aromatic rings. The molecule has 38 heavy (non-hydrogen) atoms. The number of rotatable bonds is 13. The molecule has 0 amide bonds. The van der Waals surface area contributed by atoms with E-state index >= 15 is 0 Å². The predicted octanol–water partition coefficient (Wildman–Crippen LogP) is 6.07. The van der Waals surface area contributed by atoms with Crippen molar-refractivity contribution in [2.75, 3.05) is 42.8 Å². The van der Waals surface area contributed by atoms with Crippen molar-refractivity contribution in [2.45, 2.75) is 32.4 Å². The lowest BCUT2D eigenvalue weighted by molar-refractivity contribution is -0.112. The summed E-state index contributed by atoms with van der Waals surface area (Å²) in [5.74, 6) is 0.394. The highest BCUT2D eigenvalue weighted by atomic mass is 35.5. The molecule has 3 aromatic carbocycles. The zero-order chi connectivity index (χ0) is 27.0. The van der Waals surface area contributed by atoms with E-state index in [2.05, 4.69) is 90.1 Å². The number of nitrogens with one attached hydrogen (secondary N) is 2. The van der Waals surface area contributed by atoms with Crippen molar-refractivity contribution in [3.63, 3.8) is 0 Å². The van der Waals surface area contributed by atoms with Crippen LogP contribution in [0.5, 0.6) is 0 Å². The second-order valence-electron chi connectivity index (χ2n) is 10.4. The third-order valence-corrected chi connectivity index (χ3v) is 7.83. The highest BCUT2D eigenvalue weighted by Gasteiger charge is 2.46. The summed E-state index contributed by atoms with van der Waals surface area (Å²) in [4.78, 5) is 14.7. The summed E-state index contributed by atoms with van der Waals surface area (Å²) in [7, 11) is 0. The van der Waals surface area contributed by atoms with Gasteiger partial charge in [-0.2, -0.15) is 0 Å². The van der Waals surface area contributed by atoms with Gasteiger partial charge < -0.3 is 20.5 Å². The molecular weight excluding hydrogens is 494 g/mol. The number of aldehydes is 1. The van der Waals surface area contributed by atoms with E-state index in [0.29, 0.717) is 19.0 Å². The zero-order valence-corrected chi connectivity index (χ0v) is 23.0. The maximum absolute atomic E-state index is 12.5. The molecule has 0 aliphatic carbocycles. The Morgan fingerprint density at radius 3 is 2.21 bits per heavy atom. The van der Waals surface area contributed by atoms with Gasteiger partial charge in [-0.25, -0.2) is 0 Å². The second kappa shape index (κ2) is 13.1. The van der Waals surface area contributed by atoms with Crippen molar-refractivity contribution in [2.24, 2.45) is 5.41 Å². The monoisotopic (exact) mass is 531 g/mol. The number of carbonyl (C=O) groups is 1. The number of alkyl halides is 1. The minimum absolute atomic E-state index is 0.0396. The Hall–Kier alpha value is -3.12. The molecule has 2 atom stereocenters. The van der Waals surface area contributed by atoms with E-state index < -0.39 is 6.04 Å². The molecule has 1 saturated heterocycles. The number of aliphatic hydroxyl groups is 1. The average molecular weight is 532 g/mol. The van der Waals surface area contributed by atoms with E-state index in [-0.39, 0.29) is 18.1 Å². The summed E-state index contributed by atoms with van der Waals surface area (Å²) in [5.41, 5.74) is 6.21. The normalized spacial score (nSPS) is 16.5. The highest BCUT2D eigenvalue weighted by molar-refractivity contribution is 6.18. The molecule has 1 aliphatic rings. The van der Waals surface area contributed by atoms with E-state index in [9.17, 15) is 9.90 Å². The fourth-order valence-electron chi connectivity index (χ4n) is 4.96. The minimum Gasteiger partial charge on any atom is -0.396 e. The summed E-state index contributed by atoms with van der Waals surface area (Å²) in [6.45, 7) is 6.25. The fourth-order valence-corrected chi connectivity index (χ4v) is 5.22. The molecule has 1 fully saturated rings. The minimum atomic E-state index is -0.478. The maximum Gasteiger partial charge on any atom is 0.144 e. The summed E-state index contributed by atoms with van der Waals surface area (Å²) in [5, 5.41) is 16.9. The van der Waals surface area contributed by atoms with Crippen molar-refractivity contribution in [3.05, 3.63) is 101 Å². The molecular formula is C32H38ClN3O2. The molecule has 6 heteroatoms. The molecule has 0 bridgehead atoms. The fraction of sp³-hybridized carbons (Fsp3) is 0.344. The summed E-state index contributed by atoms with van der Waals surface area (Å²) in [6.07, 6.45) is 6.18. The first-order chi connectivity index (χ1) is 18.5.